The number of ether oxygens (including phenoxy) is 6. The standard InChI is InChI=1S/C29H35F3N6O7.C19H30N4O6.C14H10F3N3O4.C10H23N/c30-29(31,32)28(37-38-28)22-8-6-20(7-9-22)18-25(40)34-12-14-43-16-17-44-15-13-35-26(41)23(10-11-24(33)39)36-27(42)45-19-21-4-2-1-3-5-21;20-8-10-27-12-13-28-11-9-22-18(25)16(6-7-17(21)24)23-19(26)29-14-15-4-2-1-3-5-15;15-14(16,17)13(18-19-13)9-3-1-8(2-4-9)7-12(23)24-20-10(21)5-6-11(20)22;1-6-11(7-9(2)3)8-10(4)5/h1-9,23H,10-19H2,(H2,33,39)(H,34,40)(H,35,41)(H,36,42);1-5,16H,6-14,20H2,(H2,21,24)(H,22,25)(H,23,26);1-4H,5-7H2;9-10H,6-8H2,1-5H3. The number of alkyl carbamates (subject to hydrolysis) is 2. The summed E-state index contributed by atoms with van der Waals surface area (Å²) in [5.41, 5.74) is 12.8. The molecule has 7 rings (SSSR count). The molecule has 11 N–H and O–H groups in total. The number of hydrogen-bond acceptors (Lipinski definition) is 23. The molecule has 1 saturated heterocycles. The van der Waals surface area contributed by atoms with Gasteiger partial charge in [-0.2, -0.15) is 26.3 Å². The zero-order valence-corrected chi connectivity index (χ0v) is 61.5. The summed E-state index contributed by atoms with van der Waals surface area (Å²) in [6.07, 6.45) is -11.3. The maximum absolute atomic E-state index is 13.1. The highest BCUT2D eigenvalue weighted by Crippen LogP contribution is 2.53. The Bertz CT molecular complexity index is 3530. The average Bonchev–Trinajstić information content (AvgIpc) is 1.59. The summed E-state index contributed by atoms with van der Waals surface area (Å²) in [5.74, 6) is -2.96. The first-order valence-electron chi connectivity index (χ1n) is 35.1. The largest absolute Gasteiger partial charge is 0.445 e. The Morgan fingerprint density at radius 1 is 0.514 bits per heavy atom. The molecule has 3 aliphatic rings. The molecule has 0 spiro atoms. The van der Waals surface area contributed by atoms with Crippen LogP contribution >= 0.6 is 0 Å². The second-order valence-corrected chi connectivity index (χ2v) is 25.4. The number of imide groups is 1. The summed E-state index contributed by atoms with van der Waals surface area (Å²) in [5, 5.41) is 25.7. The van der Waals surface area contributed by atoms with Crippen molar-refractivity contribution in [2.45, 2.75) is 135 Å². The number of hydroxylamine groups is 2. The quantitative estimate of drug-likeness (QED) is 0.0133. The lowest BCUT2D eigenvalue weighted by Crippen LogP contribution is -2.48. The predicted molar refractivity (Wildman–Crippen MR) is 380 cm³/mol. The van der Waals surface area contributed by atoms with Crippen LogP contribution in [0.3, 0.4) is 0 Å². The molecule has 4 aromatic rings. The van der Waals surface area contributed by atoms with E-state index in [1.807, 2.05) is 36.4 Å². The van der Waals surface area contributed by atoms with Crippen molar-refractivity contribution in [1.82, 2.24) is 36.5 Å². The van der Waals surface area contributed by atoms with Crippen LogP contribution in [-0.4, -0.2) is 193 Å². The molecule has 9 amide bonds. The second kappa shape index (κ2) is 47.7. The topological polar surface area (TPSA) is 429 Å². The van der Waals surface area contributed by atoms with Gasteiger partial charge in [0.2, 0.25) is 29.5 Å². The predicted octanol–water partition coefficient (Wildman–Crippen LogP) is 6.53. The zero-order valence-electron chi connectivity index (χ0n) is 61.5. The van der Waals surface area contributed by atoms with Crippen molar-refractivity contribution in [3.8, 4) is 0 Å². The molecule has 2 unspecified atom stereocenters. The van der Waals surface area contributed by atoms with E-state index >= 15 is 0 Å². The minimum Gasteiger partial charge on any atom is -0.445 e. The molecule has 1 fully saturated rings. The first-order chi connectivity index (χ1) is 51.8. The average molecular weight is 1550 g/mol. The van der Waals surface area contributed by atoms with E-state index < -0.39 is 89.4 Å². The maximum atomic E-state index is 13.1. The Morgan fingerprint density at radius 3 is 1.22 bits per heavy atom. The first-order valence-corrected chi connectivity index (χ1v) is 35.1. The van der Waals surface area contributed by atoms with Gasteiger partial charge in [-0.15, -0.1) is 25.5 Å². The van der Waals surface area contributed by atoms with Crippen molar-refractivity contribution < 1.29 is 108 Å². The molecule has 31 nitrogen and oxygen atoms in total. The van der Waals surface area contributed by atoms with Crippen LogP contribution in [0.15, 0.2) is 130 Å². The van der Waals surface area contributed by atoms with Crippen LogP contribution in [0.1, 0.15) is 107 Å². The number of nitrogens with one attached hydrogen (secondary N) is 5. The molecule has 37 heteroatoms. The van der Waals surface area contributed by atoms with Crippen molar-refractivity contribution >= 4 is 59.5 Å². The van der Waals surface area contributed by atoms with E-state index in [0.717, 1.165) is 23.0 Å². The van der Waals surface area contributed by atoms with E-state index in [1.54, 1.807) is 24.3 Å². The van der Waals surface area contributed by atoms with Gasteiger partial charge >= 0.3 is 41.8 Å². The Hall–Kier alpha value is -10.1. The van der Waals surface area contributed by atoms with Crippen LogP contribution in [0, 0.1) is 11.8 Å². The summed E-state index contributed by atoms with van der Waals surface area (Å²) in [6, 6.07) is 26.5. The van der Waals surface area contributed by atoms with Gasteiger partial charge in [-0.1, -0.05) is 144 Å². The third-order valence-corrected chi connectivity index (χ3v) is 15.4. The third kappa shape index (κ3) is 35.2. The molecule has 3 aliphatic heterocycles. The highest BCUT2D eigenvalue weighted by atomic mass is 19.4. The van der Waals surface area contributed by atoms with Crippen molar-refractivity contribution in [2.24, 2.45) is 49.5 Å². The molecule has 2 atom stereocenters. The van der Waals surface area contributed by atoms with Gasteiger partial charge in [0.15, 0.2) is 0 Å². The van der Waals surface area contributed by atoms with Crippen LogP contribution in [0.2, 0.25) is 0 Å². The number of carbonyl (C=O) groups excluding carboxylic acids is 10. The van der Waals surface area contributed by atoms with Gasteiger partial charge in [0.25, 0.3) is 11.8 Å². The summed E-state index contributed by atoms with van der Waals surface area (Å²) >= 11 is 0. The molecule has 600 valence electrons. The highest BCUT2D eigenvalue weighted by molar-refractivity contribution is 6.01. The summed E-state index contributed by atoms with van der Waals surface area (Å²) in [4.78, 5) is 125. The van der Waals surface area contributed by atoms with E-state index in [-0.39, 0.29) is 134 Å². The van der Waals surface area contributed by atoms with Crippen LogP contribution in [0.4, 0.5) is 35.9 Å². The Kier molecular flexibility index (Phi) is 39.9. The number of rotatable bonds is 43. The number of nitrogens with zero attached hydrogens (tertiary/aromatic N) is 6. The van der Waals surface area contributed by atoms with Gasteiger partial charge < -0.3 is 81.9 Å². The lowest BCUT2D eigenvalue weighted by Gasteiger charge is -2.24. The van der Waals surface area contributed by atoms with Crippen LogP contribution in [0.25, 0.3) is 0 Å². The fourth-order valence-electron chi connectivity index (χ4n) is 9.82. The third-order valence-electron chi connectivity index (χ3n) is 15.4. The minimum absolute atomic E-state index is 0.00511. The fraction of sp³-hybridized carbons (Fsp3) is 0.528. The van der Waals surface area contributed by atoms with Gasteiger partial charge in [0, 0.05) is 76.1 Å². The normalized spacial score (nSPS) is 14.1. The van der Waals surface area contributed by atoms with E-state index in [2.05, 4.69) is 91.4 Å². The molecular weight excluding hydrogens is 1450 g/mol. The number of halogens is 6. The number of benzene rings is 4. The monoisotopic (exact) mass is 1540 g/mol. The molecule has 0 aliphatic carbocycles. The smallest absolute Gasteiger partial charge is 0.442 e. The van der Waals surface area contributed by atoms with Crippen molar-refractivity contribution in [3.05, 3.63) is 143 Å². The molecule has 109 heavy (non-hydrogen) atoms. The second-order valence-electron chi connectivity index (χ2n) is 25.4. The molecule has 0 saturated carbocycles. The van der Waals surface area contributed by atoms with Crippen molar-refractivity contribution in [2.75, 3.05) is 98.7 Å². The summed E-state index contributed by atoms with van der Waals surface area (Å²) in [7, 11) is 0. The van der Waals surface area contributed by atoms with Gasteiger partial charge in [-0.3, -0.25) is 33.6 Å². The number of hydrogen-bond donors (Lipinski definition) is 8. The lowest BCUT2D eigenvalue weighted by atomic mass is 10.0. The maximum Gasteiger partial charge on any atom is 0.442 e. The zero-order chi connectivity index (χ0) is 80.4. The molecule has 0 bridgehead atoms. The number of carbonyl (C=O) groups is 10. The van der Waals surface area contributed by atoms with E-state index in [9.17, 15) is 74.3 Å². The van der Waals surface area contributed by atoms with Crippen LogP contribution in [0.5, 0.6) is 0 Å². The van der Waals surface area contributed by atoms with Gasteiger partial charge in [0.05, 0.1) is 65.7 Å². The minimum atomic E-state index is -4.62. The SMILES string of the molecule is CCN(CC(C)C)CC(C)C.NC(=O)CCC(NC(=O)OCc1ccccc1)C(=O)NCCOCCOCCNC(=O)Cc1ccc(C2(C(F)(F)F)N=N2)cc1.NCCOCCOCCNC(=O)C(CCC(N)=O)NC(=O)OCc1ccccc1.O=C(Cc1ccc(C2(C(F)(F)F)N=N2)cc1)ON1C(=O)CCC1=O. The Labute approximate surface area is 627 Å². The number of primary amides is 2. The number of nitrogens with two attached hydrogens (primary N) is 3. The van der Waals surface area contributed by atoms with E-state index in [0.29, 0.717) is 42.6 Å². The highest BCUT2D eigenvalue weighted by Gasteiger charge is 2.66. The summed E-state index contributed by atoms with van der Waals surface area (Å²) < 4.78 is 109. The fourth-order valence-corrected chi connectivity index (χ4v) is 9.82. The first kappa shape index (κ1) is 91.3. The van der Waals surface area contributed by atoms with Gasteiger partial charge in [0.1, 0.15) is 25.3 Å². The molecule has 4 aromatic carbocycles. The Balaban J connectivity index is 0.000000337. The van der Waals surface area contributed by atoms with Crippen LogP contribution in [-0.2, 0) is 109 Å². The van der Waals surface area contributed by atoms with Crippen molar-refractivity contribution in [1.29, 1.82) is 0 Å². The molecule has 0 radical (unpaired) electrons. The Morgan fingerprint density at radius 2 is 0.881 bits per heavy atom. The molecule has 3 heterocycles. The molecule has 0 aromatic heterocycles. The van der Waals surface area contributed by atoms with Crippen LogP contribution < -0.4 is 43.8 Å². The summed E-state index contributed by atoms with van der Waals surface area (Å²) in [6.45, 7) is 18.5. The van der Waals surface area contributed by atoms with Gasteiger partial charge in [-0.05, 0) is 53.5 Å². The number of amides is 9. The van der Waals surface area contributed by atoms with Gasteiger partial charge in [-0.25, -0.2) is 14.4 Å². The number of alkyl halides is 6. The lowest BCUT2D eigenvalue weighted by molar-refractivity contribution is -0.197. The van der Waals surface area contributed by atoms with Crippen molar-refractivity contribution in [3.63, 3.8) is 0 Å². The van der Waals surface area contributed by atoms with E-state index in [1.165, 1.54) is 68.2 Å². The molecular formula is C72H98F6N14O17. The van der Waals surface area contributed by atoms with E-state index in [4.69, 9.17) is 45.6 Å².